The molecule has 1 aliphatic rings. The number of rotatable bonds is 4. The summed E-state index contributed by atoms with van der Waals surface area (Å²) in [5.74, 6) is -0.115. The van der Waals surface area contributed by atoms with Crippen molar-refractivity contribution in [3.05, 3.63) is 70.0 Å². The largest absolute Gasteiger partial charge is 0.313 e. The van der Waals surface area contributed by atoms with Crippen molar-refractivity contribution >= 4 is 0 Å². The number of likely N-dealkylation sites (N-methyl/N-ethyl adjacent to an activating group) is 1. The topological polar surface area (TPSA) is 12.0 Å². The van der Waals surface area contributed by atoms with Crippen LogP contribution in [0.4, 0.5) is 4.39 Å². The van der Waals surface area contributed by atoms with E-state index in [1.165, 1.54) is 36.0 Å². The fourth-order valence-corrected chi connectivity index (χ4v) is 3.27. The molecule has 1 atom stereocenters. The monoisotopic (exact) mass is 283 g/mol. The van der Waals surface area contributed by atoms with Crippen LogP contribution in [0.3, 0.4) is 0 Å². The van der Waals surface area contributed by atoms with Crippen LogP contribution in [0.25, 0.3) is 0 Å². The van der Waals surface area contributed by atoms with E-state index in [2.05, 4.69) is 23.5 Å². The lowest BCUT2D eigenvalue weighted by Gasteiger charge is -2.18. The minimum Gasteiger partial charge on any atom is -0.313 e. The summed E-state index contributed by atoms with van der Waals surface area (Å²) in [5.41, 5.74) is 5.97. The Kier molecular flexibility index (Phi) is 4.07. The van der Waals surface area contributed by atoms with Crippen molar-refractivity contribution in [2.75, 3.05) is 7.05 Å². The van der Waals surface area contributed by atoms with Gasteiger partial charge in [0, 0.05) is 11.6 Å². The molecule has 2 heteroatoms. The Bertz CT molecular complexity index is 648. The van der Waals surface area contributed by atoms with E-state index in [1.54, 1.807) is 6.07 Å². The summed E-state index contributed by atoms with van der Waals surface area (Å²) in [6.45, 7) is 1.92. The van der Waals surface area contributed by atoms with E-state index in [9.17, 15) is 4.39 Å². The first kappa shape index (κ1) is 14.3. The molecule has 0 saturated carbocycles. The maximum Gasteiger partial charge on any atom is 0.128 e. The number of nitrogens with one attached hydrogen (secondary N) is 1. The highest BCUT2D eigenvalue weighted by molar-refractivity contribution is 5.36. The maximum absolute atomic E-state index is 14.2. The first-order valence-corrected chi connectivity index (χ1v) is 7.71. The van der Waals surface area contributed by atoms with E-state index in [1.807, 2.05) is 26.1 Å². The fourth-order valence-electron chi connectivity index (χ4n) is 3.27. The number of fused-ring (bicyclic) bond motifs is 1. The van der Waals surface area contributed by atoms with Crippen LogP contribution in [0, 0.1) is 12.7 Å². The Morgan fingerprint density at radius 2 is 1.90 bits per heavy atom. The molecule has 1 aliphatic carbocycles. The van der Waals surface area contributed by atoms with Crippen LogP contribution in [0.1, 0.15) is 40.3 Å². The molecule has 110 valence electrons. The van der Waals surface area contributed by atoms with E-state index in [0.717, 1.165) is 17.5 Å². The summed E-state index contributed by atoms with van der Waals surface area (Å²) < 4.78 is 14.2. The van der Waals surface area contributed by atoms with Crippen molar-refractivity contribution in [3.63, 3.8) is 0 Å². The summed E-state index contributed by atoms with van der Waals surface area (Å²) in [6, 6.07) is 12.3. The number of hydrogen-bond acceptors (Lipinski definition) is 1. The van der Waals surface area contributed by atoms with E-state index in [4.69, 9.17) is 0 Å². The van der Waals surface area contributed by atoms with Crippen LogP contribution in [0.5, 0.6) is 0 Å². The molecule has 2 aromatic rings. The van der Waals surface area contributed by atoms with Gasteiger partial charge in [-0.15, -0.1) is 0 Å². The fraction of sp³-hybridized carbons (Fsp3) is 0.368. The second-order valence-corrected chi connectivity index (χ2v) is 6.03. The quantitative estimate of drug-likeness (QED) is 0.889. The SMILES string of the molecule is CNC(Cc1ccc2c(c1)CCC2)c1ccc(C)cc1F. The van der Waals surface area contributed by atoms with Crippen LogP contribution in [0.15, 0.2) is 36.4 Å². The van der Waals surface area contributed by atoms with E-state index >= 15 is 0 Å². The van der Waals surface area contributed by atoms with E-state index in [0.29, 0.717) is 0 Å². The van der Waals surface area contributed by atoms with Crippen LogP contribution in [0.2, 0.25) is 0 Å². The Labute approximate surface area is 126 Å². The van der Waals surface area contributed by atoms with Crippen LogP contribution >= 0.6 is 0 Å². The molecule has 0 aliphatic heterocycles. The van der Waals surface area contributed by atoms with Crippen molar-refractivity contribution in [3.8, 4) is 0 Å². The summed E-state index contributed by atoms with van der Waals surface area (Å²) >= 11 is 0. The molecule has 0 spiro atoms. The first-order chi connectivity index (χ1) is 10.2. The Morgan fingerprint density at radius 1 is 1.10 bits per heavy atom. The molecular weight excluding hydrogens is 261 g/mol. The second kappa shape index (κ2) is 5.98. The highest BCUT2D eigenvalue weighted by atomic mass is 19.1. The molecule has 3 rings (SSSR count). The van der Waals surface area contributed by atoms with Crippen molar-refractivity contribution in [2.45, 2.75) is 38.6 Å². The summed E-state index contributed by atoms with van der Waals surface area (Å²) in [4.78, 5) is 0. The van der Waals surface area contributed by atoms with Gasteiger partial charge in [0.25, 0.3) is 0 Å². The molecule has 2 aromatic carbocycles. The third kappa shape index (κ3) is 3.01. The zero-order valence-corrected chi connectivity index (χ0v) is 12.7. The lowest BCUT2D eigenvalue weighted by molar-refractivity contribution is 0.533. The lowest BCUT2D eigenvalue weighted by Crippen LogP contribution is -2.20. The smallest absolute Gasteiger partial charge is 0.128 e. The highest BCUT2D eigenvalue weighted by Crippen LogP contribution is 2.26. The van der Waals surface area contributed by atoms with Gasteiger partial charge in [0.2, 0.25) is 0 Å². The van der Waals surface area contributed by atoms with Gasteiger partial charge >= 0.3 is 0 Å². The molecule has 0 saturated heterocycles. The molecule has 1 nitrogen and oxygen atoms in total. The zero-order valence-electron chi connectivity index (χ0n) is 12.7. The number of halogens is 1. The van der Waals surface area contributed by atoms with Crippen LogP contribution in [-0.4, -0.2) is 7.05 Å². The van der Waals surface area contributed by atoms with Gasteiger partial charge in [-0.3, -0.25) is 0 Å². The number of hydrogen-bond donors (Lipinski definition) is 1. The highest BCUT2D eigenvalue weighted by Gasteiger charge is 2.16. The average molecular weight is 283 g/mol. The molecule has 0 fully saturated rings. The predicted molar refractivity (Wildman–Crippen MR) is 85.1 cm³/mol. The van der Waals surface area contributed by atoms with Gasteiger partial charge < -0.3 is 5.32 Å². The van der Waals surface area contributed by atoms with E-state index in [-0.39, 0.29) is 11.9 Å². The molecule has 21 heavy (non-hydrogen) atoms. The van der Waals surface area contributed by atoms with Crippen molar-refractivity contribution in [1.29, 1.82) is 0 Å². The summed E-state index contributed by atoms with van der Waals surface area (Å²) in [6.07, 6.45) is 4.48. The standard InChI is InChI=1S/C19H22FN/c1-13-6-9-17(18(20)10-13)19(21-2)12-14-7-8-15-4-3-5-16(15)11-14/h6-11,19,21H,3-5,12H2,1-2H3. The summed E-state index contributed by atoms with van der Waals surface area (Å²) in [7, 11) is 1.90. The van der Waals surface area contributed by atoms with Gasteiger partial charge in [0.05, 0.1) is 0 Å². The predicted octanol–water partition coefficient (Wildman–Crippen LogP) is 4.13. The third-order valence-electron chi connectivity index (χ3n) is 4.48. The first-order valence-electron chi connectivity index (χ1n) is 7.71. The van der Waals surface area contributed by atoms with Gasteiger partial charge in [0.1, 0.15) is 5.82 Å². The van der Waals surface area contributed by atoms with Gasteiger partial charge in [-0.1, -0.05) is 30.3 Å². The average Bonchev–Trinajstić information content (AvgIpc) is 2.93. The zero-order chi connectivity index (χ0) is 14.8. The normalized spacial score (nSPS) is 15.0. The molecule has 1 unspecified atom stereocenters. The summed E-state index contributed by atoms with van der Waals surface area (Å²) in [5, 5.41) is 3.25. The molecule has 0 aromatic heterocycles. The van der Waals surface area contributed by atoms with Crippen molar-refractivity contribution < 1.29 is 4.39 Å². The minimum absolute atomic E-state index is 0.0186. The Hall–Kier alpha value is -1.67. The van der Waals surface area contributed by atoms with Crippen LogP contribution < -0.4 is 5.32 Å². The molecule has 0 radical (unpaired) electrons. The van der Waals surface area contributed by atoms with Gasteiger partial charge in [0.15, 0.2) is 0 Å². The third-order valence-corrected chi connectivity index (χ3v) is 4.48. The minimum atomic E-state index is -0.115. The molecule has 1 N–H and O–H groups in total. The molecule has 0 bridgehead atoms. The lowest BCUT2D eigenvalue weighted by atomic mass is 9.95. The number of aryl methyl sites for hydroxylation is 3. The van der Waals surface area contributed by atoms with Crippen LogP contribution in [-0.2, 0) is 19.3 Å². The van der Waals surface area contributed by atoms with E-state index < -0.39 is 0 Å². The van der Waals surface area contributed by atoms with Gasteiger partial charge in [-0.05, 0) is 68.0 Å². The second-order valence-electron chi connectivity index (χ2n) is 6.03. The van der Waals surface area contributed by atoms with Crippen molar-refractivity contribution in [1.82, 2.24) is 5.32 Å². The molecule has 0 heterocycles. The van der Waals surface area contributed by atoms with Gasteiger partial charge in [-0.2, -0.15) is 0 Å². The molecule has 0 amide bonds. The maximum atomic E-state index is 14.2. The Balaban J connectivity index is 1.84. The number of benzene rings is 2. The van der Waals surface area contributed by atoms with Crippen molar-refractivity contribution in [2.24, 2.45) is 0 Å². The van der Waals surface area contributed by atoms with Gasteiger partial charge in [-0.25, -0.2) is 4.39 Å². The Morgan fingerprint density at radius 3 is 2.67 bits per heavy atom. The molecular formula is C19H22FN.